The van der Waals surface area contributed by atoms with Gasteiger partial charge >= 0.3 is 32.8 Å². The van der Waals surface area contributed by atoms with Gasteiger partial charge in [0.25, 0.3) is 5.69 Å². The Balaban J connectivity index is 0.00000672. The van der Waals surface area contributed by atoms with E-state index in [1.54, 1.807) is 0 Å². The summed E-state index contributed by atoms with van der Waals surface area (Å²) >= 11 is 0. The smallest absolute Gasteiger partial charge is 0.509 e. The number of pyridine rings is 1. The summed E-state index contributed by atoms with van der Waals surface area (Å²) in [7, 11) is 0. The second-order valence-corrected chi connectivity index (χ2v) is 25.2. The molecule has 1 aliphatic heterocycles. The van der Waals surface area contributed by atoms with E-state index in [-0.39, 0.29) is 48.1 Å². The molecule has 3 heterocycles. The van der Waals surface area contributed by atoms with E-state index in [1.807, 2.05) is 24.4 Å². The van der Waals surface area contributed by atoms with Crippen LogP contribution in [0.15, 0.2) is 152 Å². The van der Waals surface area contributed by atoms with E-state index in [0.717, 1.165) is 55.9 Å². The van der Waals surface area contributed by atoms with Gasteiger partial charge in [-0.25, -0.2) is 4.98 Å². The largest absolute Gasteiger partial charge is 2.00 e. The van der Waals surface area contributed by atoms with Crippen molar-refractivity contribution in [1.82, 2.24) is 18.7 Å². The SMILES string of the molecule is CC(C)(C)c1cc(-c2ccc3c(c2)c2ccc(Oc4[c-]c([N+]5=C=[N+](c6ccccc6)c6c(-c7cc(C(C)(C)C)cc(C(C)(C)C)c7)cccc65)ccc4)[c-]c2n3-c2cc(C(C)(C)C)ccn2)cc(C(C)(C)C)c1.[Pt+2]. The van der Waals surface area contributed by atoms with Crippen LogP contribution in [-0.2, 0) is 48.1 Å². The van der Waals surface area contributed by atoms with Crippen LogP contribution in [0, 0.1) is 12.1 Å². The molecule has 7 aromatic carbocycles. The van der Waals surface area contributed by atoms with Gasteiger partial charge in [0.1, 0.15) is 11.5 Å². The number of para-hydroxylation sites is 2. The molecule has 6 heteroatoms. The third-order valence-corrected chi connectivity index (χ3v) is 14.4. The molecule has 0 spiro atoms. The summed E-state index contributed by atoms with van der Waals surface area (Å²) in [6.45, 7) is 34.3. The number of benzene rings is 7. The van der Waals surface area contributed by atoms with Crippen molar-refractivity contribution in [1.29, 1.82) is 0 Å². The van der Waals surface area contributed by atoms with Crippen LogP contribution in [0.25, 0.3) is 49.9 Å². The summed E-state index contributed by atoms with van der Waals surface area (Å²) in [6, 6.07) is 63.9. The van der Waals surface area contributed by atoms with E-state index in [2.05, 4.69) is 263 Å². The third kappa shape index (κ3) is 10.1. The first-order valence-electron chi connectivity index (χ1n) is 25.9. The molecule has 0 bridgehead atoms. The Morgan fingerprint density at radius 2 is 1.05 bits per heavy atom. The second-order valence-electron chi connectivity index (χ2n) is 25.2. The predicted octanol–water partition coefficient (Wildman–Crippen LogP) is 18.2. The molecule has 0 N–H and O–H groups in total. The summed E-state index contributed by atoms with van der Waals surface area (Å²) < 4.78 is 13.3. The standard InChI is InChI=1S/C68H70N4O.Pt/c1-64(2,3)47-31-32-69-62(40-47)72-59-30-27-44(45-33-48(65(4,5)6)38-49(34-45)66(7,8)9)37-58(59)57-29-28-55(42-61(57)72)73-54-24-19-23-53(41-54)70-43-71(52-21-17-16-18-22-52)63-56(25-20-26-60(63)70)46-35-50(67(10,11)12)39-51(36-46)68(13,14)15;/h16-40H,1-15H3;/q;+2. The summed E-state index contributed by atoms with van der Waals surface area (Å²) in [5, 5.41) is 2.21. The number of nitrogens with zero attached hydrogens (tertiary/aromatic N) is 4. The first-order chi connectivity index (χ1) is 34.3. The zero-order chi connectivity index (χ0) is 52.0. The molecule has 0 radical (unpaired) electrons. The predicted molar refractivity (Wildman–Crippen MR) is 308 cm³/mol. The van der Waals surface area contributed by atoms with Gasteiger partial charge in [-0.3, -0.25) is 0 Å². The molecule has 0 atom stereocenters. The van der Waals surface area contributed by atoms with Crippen molar-refractivity contribution in [2.75, 3.05) is 0 Å². The first-order valence-corrected chi connectivity index (χ1v) is 25.9. The van der Waals surface area contributed by atoms with E-state index in [4.69, 9.17) is 9.72 Å². The molecule has 0 fully saturated rings. The number of fused-ring (bicyclic) bond motifs is 4. The van der Waals surface area contributed by atoms with Gasteiger partial charge in [-0.1, -0.05) is 199 Å². The summed E-state index contributed by atoms with van der Waals surface area (Å²) in [6.07, 6.45) is 1.92. The Kier molecular flexibility index (Phi) is 13.4. The minimum absolute atomic E-state index is 0. The van der Waals surface area contributed by atoms with Crippen molar-refractivity contribution in [2.24, 2.45) is 0 Å². The zero-order valence-electron chi connectivity index (χ0n) is 45.9. The minimum Gasteiger partial charge on any atom is -0.509 e. The van der Waals surface area contributed by atoms with Gasteiger partial charge in [0.15, 0.2) is 0 Å². The summed E-state index contributed by atoms with van der Waals surface area (Å²) in [5.41, 5.74) is 16.9. The molecule has 74 heavy (non-hydrogen) atoms. The molecular weight excluding hydrogens is 1080 g/mol. The molecule has 0 aliphatic carbocycles. The molecule has 0 unspecified atom stereocenters. The topological polar surface area (TPSA) is 33.1 Å². The maximum absolute atomic E-state index is 6.80. The molecule has 0 saturated carbocycles. The quantitative estimate of drug-likeness (QED) is 0.118. The van der Waals surface area contributed by atoms with Crippen LogP contribution in [0.1, 0.15) is 132 Å². The average Bonchev–Trinajstić information content (AvgIpc) is 3.89. The number of rotatable bonds is 7. The number of aromatic nitrogens is 2. The van der Waals surface area contributed by atoms with Crippen LogP contribution < -0.4 is 13.9 Å². The monoisotopic (exact) mass is 1150 g/mol. The van der Waals surface area contributed by atoms with Crippen molar-refractivity contribution >= 4 is 50.6 Å². The van der Waals surface area contributed by atoms with Crippen molar-refractivity contribution in [3.63, 3.8) is 0 Å². The number of ether oxygens (including phenoxy) is 1. The molecule has 0 amide bonds. The number of hydrogen-bond acceptors (Lipinski definition) is 2. The molecule has 1 aliphatic rings. The van der Waals surface area contributed by atoms with E-state index >= 15 is 0 Å². The molecule has 0 saturated heterocycles. The Bertz CT molecular complexity index is 3640. The van der Waals surface area contributed by atoms with Crippen LogP contribution in [0.2, 0.25) is 0 Å². The van der Waals surface area contributed by atoms with Gasteiger partial charge in [-0.2, -0.15) is 12.1 Å². The maximum Gasteiger partial charge on any atom is 2.00 e. The Labute approximate surface area is 454 Å². The summed E-state index contributed by atoms with van der Waals surface area (Å²) in [4.78, 5) is 5.00. The van der Waals surface area contributed by atoms with Crippen molar-refractivity contribution < 1.29 is 25.8 Å². The molecule has 5 nitrogen and oxygen atoms in total. The zero-order valence-corrected chi connectivity index (χ0v) is 48.2. The number of hydrogen-bond donors (Lipinski definition) is 0. The van der Waals surface area contributed by atoms with E-state index in [9.17, 15) is 0 Å². The second kappa shape index (κ2) is 18.9. The van der Waals surface area contributed by atoms with Crippen LogP contribution >= 0.6 is 0 Å². The molecule has 376 valence electrons. The normalized spacial score (nSPS) is 13.2. The maximum atomic E-state index is 6.80. The average molecular weight is 1150 g/mol. The van der Waals surface area contributed by atoms with Gasteiger partial charge in [-0.15, -0.1) is 23.6 Å². The molecular formula is C68H70N4OPt+2. The Morgan fingerprint density at radius 1 is 0.473 bits per heavy atom. The summed E-state index contributed by atoms with van der Waals surface area (Å²) in [5.74, 6) is 2.00. The van der Waals surface area contributed by atoms with Crippen LogP contribution in [-0.4, -0.2) is 15.6 Å². The third-order valence-electron chi connectivity index (χ3n) is 14.4. The van der Waals surface area contributed by atoms with E-state index < -0.39 is 0 Å². The molecule has 9 aromatic rings. The van der Waals surface area contributed by atoms with E-state index in [1.165, 1.54) is 44.5 Å². The van der Waals surface area contributed by atoms with Gasteiger partial charge in [-0.05, 0) is 106 Å². The van der Waals surface area contributed by atoms with Crippen LogP contribution in [0.3, 0.4) is 0 Å². The Morgan fingerprint density at radius 3 is 1.66 bits per heavy atom. The van der Waals surface area contributed by atoms with Crippen LogP contribution in [0.4, 0.5) is 22.7 Å². The van der Waals surface area contributed by atoms with Crippen molar-refractivity contribution in [3.8, 4) is 39.6 Å². The van der Waals surface area contributed by atoms with Crippen molar-refractivity contribution in [2.45, 2.75) is 131 Å². The van der Waals surface area contributed by atoms with Crippen LogP contribution in [0.5, 0.6) is 11.5 Å². The van der Waals surface area contributed by atoms with Gasteiger partial charge in [0, 0.05) is 41.4 Å². The fourth-order valence-corrected chi connectivity index (χ4v) is 9.79. The molecule has 10 rings (SSSR count). The fraction of sp³-hybridized carbons (Fsp3) is 0.294. The fourth-order valence-electron chi connectivity index (χ4n) is 9.79. The van der Waals surface area contributed by atoms with Gasteiger partial charge in [0.2, 0.25) is 5.69 Å². The van der Waals surface area contributed by atoms with Crippen molar-refractivity contribution in [3.05, 3.63) is 192 Å². The van der Waals surface area contributed by atoms with E-state index in [0.29, 0.717) is 11.5 Å². The Hall–Kier alpha value is -6.64. The first kappa shape index (κ1) is 52.2. The molecule has 2 aromatic heterocycles. The van der Waals surface area contributed by atoms with Gasteiger partial charge in [0.05, 0.1) is 5.56 Å². The van der Waals surface area contributed by atoms with Gasteiger partial charge < -0.3 is 9.30 Å². The minimum atomic E-state index is -0.0666.